The molecule has 1 heteroatoms. The van der Waals surface area contributed by atoms with Crippen LogP contribution in [-0.2, 0) is 5.41 Å². The van der Waals surface area contributed by atoms with Gasteiger partial charge in [0.15, 0.2) is 0 Å². The zero-order chi connectivity index (χ0) is 38.1. The second-order valence-electron chi connectivity index (χ2n) is 18.3. The van der Waals surface area contributed by atoms with E-state index in [-0.39, 0.29) is 5.41 Å². The fourth-order valence-corrected chi connectivity index (χ4v) is 11.8. The van der Waals surface area contributed by atoms with Gasteiger partial charge in [0.05, 0.1) is 0 Å². The summed E-state index contributed by atoms with van der Waals surface area (Å²) < 4.78 is 0. The Kier molecular flexibility index (Phi) is 8.50. The second kappa shape index (κ2) is 13.9. The molecule has 0 aliphatic heterocycles. The van der Waals surface area contributed by atoms with Gasteiger partial charge in [-0.3, -0.25) is 0 Å². The molecule has 0 N–H and O–H groups in total. The topological polar surface area (TPSA) is 3.24 Å². The highest BCUT2D eigenvalue weighted by atomic mass is 15.1. The predicted octanol–water partition coefficient (Wildman–Crippen LogP) is 15.9. The van der Waals surface area contributed by atoms with E-state index in [1.165, 1.54) is 141 Å². The monoisotopic (exact) mass is 739 g/mol. The van der Waals surface area contributed by atoms with Crippen molar-refractivity contribution in [3.05, 3.63) is 174 Å². The number of benzene rings is 7. The van der Waals surface area contributed by atoms with E-state index < -0.39 is 0 Å². The van der Waals surface area contributed by atoms with Gasteiger partial charge in [-0.15, -0.1) is 0 Å². The third kappa shape index (κ3) is 5.96. The molecule has 0 aromatic heterocycles. The number of nitrogens with zero attached hydrogens (tertiary/aromatic N) is 1. The first-order valence-electron chi connectivity index (χ1n) is 21.9. The third-order valence-electron chi connectivity index (χ3n) is 14.8. The number of fused-ring (bicyclic) bond motifs is 6. The van der Waals surface area contributed by atoms with E-state index >= 15 is 0 Å². The molecule has 3 atom stereocenters. The molecule has 3 unspecified atom stereocenters. The van der Waals surface area contributed by atoms with E-state index in [9.17, 15) is 0 Å². The molecule has 4 aliphatic carbocycles. The minimum absolute atomic E-state index is 0.147. The molecule has 3 saturated carbocycles. The Morgan fingerprint density at radius 1 is 0.491 bits per heavy atom. The first-order valence-corrected chi connectivity index (χ1v) is 21.9. The molecular formula is C56H53N. The summed E-state index contributed by atoms with van der Waals surface area (Å²) in [5.74, 6) is 3.25. The molecule has 57 heavy (non-hydrogen) atoms. The van der Waals surface area contributed by atoms with Crippen molar-refractivity contribution in [3.63, 3.8) is 0 Å². The van der Waals surface area contributed by atoms with Crippen LogP contribution in [0.1, 0.15) is 106 Å². The third-order valence-corrected chi connectivity index (χ3v) is 14.8. The summed E-state index contributed by atoms with van der Waals surface area (Å²) in [6.45, 7) is 4.83. The lowest BCUT2D eigenvalue weighted by Gasteiger charge is -2.29. The maximum absolute atomic E-state index is 2.50. The van der Waals surface area contributed by atoms with Crippen molar-refractivity contribution in [2.75, 3.05) is 4.90 Å². The van der Waals surface area contributed by atoms with Gasteiger partial charge in [-0.2, -0.15) is 0 Å². The Hall–Kier alpha value is -5.40. The van der Waals surface area contributed by atoms with E-state index in [1.54, 1.807) is 0 Å². The molecular weight excluding hydrogens is 687 g/mol. The molecule has 4 aliphatic rings. The summed E-state index contributed by atoms with van der Waals surface area (Å²) in [4.78, 5) is 2.50. The molecule has 0 spiro atoms. The van der Waals surface area contributed by atoms with Crippen molar-refractivity contribution in [2.45, 2.75) is 88.9 Å². The average Bonchev–Trinajstić information content (AvgIpc) is 3.97. The second-order valence-corrected chi connectivity index (χ2v) is 18.3. The maximum Gasteiger partial charge on any atom is 0.0465 e. The zero-order valence-electron chi connectivity index (χ0n) is 33.6. The molecule has 2 bridgehead atoms. The van der Waals surface area contributed by atoms with Crippen LogP contribution < -0.4 is 4.90 Å². The summed E-state index contributed by atoms with van der Waals surface area (Å²) in [5, 5.41) is 2.59. The van der Waals surface area contributed by atoms with E-state index in [2.05, 4.69) is 170 Å². The first-order chi connectivity index (χ1) is 28.0. The van der Waals surface area contributed by atoms with Crippen molar-refractivity contribution in [3.8, 4) is 33.4 Å². The maximum atomic E-state index is 2.50. The molecule has 1 nitrogen and oxygen atoms in total. The number of hydrogen-bond acceptors (Lipinski definition) is 1. The molecule has 0 amide bonds. The quantitative estimate of drug-likeness (QED) is 0.157. The lowest BCUT2D eigenvalue weighted by atomic mass is 9.81. The summed E-state index contributed by atoms with van der Waals surface area (Å²) in [5.41, 5.74) is 17.3. The van der Waals surface area contributed by atoms with Crippen LogP contribution in [0.2, 0.25) is 0 Å². The fourth-order valence-electron chi connectivity index (χ4n) is 11.8. The Balaban J connectivity index is 0.998. The van der Waals surface area contributed by atoms with E-state index in [0.29, 0.717) is 5.92 Å². The number of rotatable bonds is 7. The van der Waals surface area contributed by atoms with E-state index in [1.807, 2.05) is 0 Å². The molecule has 7 aromatic rings. The van der Waals surface area contributed by atoms with Crippen LogP contribution in [0.3, 0.4) is 0 Å². The van der Waals surface area contributed by atoms with Gasteiger partial charge in [-0.1, -0.05) is 155 Å². The predicted molar refractivity (Wildman–Crippen MR) is 241 cm³/mol. The average molecular weight is 740 g/mol. The van der Waals surface area contributed by atoms with Crippen molar-refractivity contribution < 1.29 is 0 Å². The minimum atomic E-state index is -0.147. The largest absolute Gasteiger partial charge is 0.310 e. The van der Waals surface area contributed by atoms with Crippen LogP contribution in [0.25, 0.3) is 44.2 Å². The van der Waals surface area contributed by atoms with E-state index in [4.69, 9.17) is 0 Å². The lowest BCUT2D eigenvalue weighted by molar-refractivity contribution is 0.420. The molecule has 7 aromatic carbocycles. The Bertz CT molecular complexity index is 2600. The van der Waals surface area contributed by atoms with Gasteiger partial charge in [0.2, 0.25) is 0 Å². The summed E-state index contributed by atoms with van der Waals surface area (Å²) in [7, 11) is 0. The van der Waals surface area contributed by atoms with Gasteiger partial charge in [-0.25, -0.2) is 0 Å². The normalized spacial score (nSPS) is 20.8. The van der Waals surface area contributed by atoms with Gasteiger partial charge in [0, 0.05) is 22.5 Å². The van der Waals surface area contributed by atoms with Crippen LogP contribution in [0.5, 0.6) is 0 Å². The molecule has 0 heterocycles. The lowest BCUT2D eigenvalue weighted by Crippen LogP contribution is -2.16. The highest BCUT2D eigenvalue weighted by molar-refractivity contribution is 6.03. The Morgan fingerprint density at radius 2 is 1.21 bits per heavy atom. The molecule has 11 rings (SSSR count). The summed E-state index contributed by atoms with van der Waals surface area (Å²) >= 11 is 0. The fraction of sp³-hybridized carbons (Fsp3) is 0.286. The zero-order valence-corrected chi connectivity index (χ0v) is 33.6. The van der Waals surface area contributed by atoms with E-state index in [0.717, 1.165) is 17.8 Å². The van der Waals surface area contributed by atoms with Crippen LogP contribution in [0, 0.1) is 11.8 Å². The van der Waals surface area contributed by atoms with Gasteiger partial charge >= 0.3 is 0 Å². The van der Waals surface area contributed by atoms with Crippen molar-refractivity contribution >= 4 is 27.8 Å². The first kappa shape index (κ1) is 34.8. The van der Waals surface area contributed by atoms with Crippen molar-refractivity contribution in [2.24, 2.45) is 11.8 Å². The van der Waals surface area contributed by atoms with Crippen LogP contribution in [0.15, 0.2) is 152 Å². The summed E-state index contributed by atoms with van der Waals surface area (Å²) in [6.07, 6.45) is 12.4. The van der Waals surface area contributed by atoms with Gasteiger partial charge in [0.1, 0.15) is 0 Å². The highest BCUT2D eigenvalue weighted by Crippen LogP contribution is 2.55. The SMILES string of the molecule is CC1(C)c2cc(N(c3ccc(-c4cccc(C5CCCCC5)c4)cc3)c3ccc(C4CC5CCC4C5)cc3)ccc2-c2c(-c3cccc4ccccc34)cccc21. The van der Waals surface area contributed by atoms with Crippen LogP contribution in [-0.4, -0.2) is 0 Å². The summed E-state index contributed by atoms with van der Waals surface area (Å²) in [6, 6.07) is 58.2. The highest BCUT2D eigenvalue weighted by Gasteiger charge is 2.40. The minimum Gasteiger partial charge on any atom is -0.310 e. The smallest absolute Gasteiger partial charge is 0.0465 e. The molecule has 282 valence electrons. The van der Waals surface area contributed by atoms with Crippen molar-refractivity contribution in [1.29, 1.82) is 0 Å². The van der Waals surface area contributed by atoms with Crippen LogP contribution in [0.4, 0.5) is 17.1 Å². The molecule has 0 saturated heterocycles. The number of hydrogen-bond donors (Lipinski definition) is 0. The molecule has 0 radical (unpaired) electrons. The number of anilines is 3. The van der Waals surface area contributed by atoms with Gasteiger partial charge in [0.25, 0.3) is 0 Å². The standard InChI is InChI=1S/C56H53N/c1-56(2)53-20-10-19-50(49-18-9-14-40-13-6-7-17-48(40)49)55(53)51-32-31-47(36-54(51)56)57(46-29-25-41(26-30-46)52-34-37-21-22-44(52)33-37)45-27-23-39(24-28-45)43-16-8-15-42(35-43)38-11-4-3-5-12-38/h6-10,13-20,23-32,35-38,44,52H,3-5,11-12,21-22,33-34H2,1-2H3. The Labute approximate surface area is 339 Å². The van der Waals surface area contributed by atoms with Crippen molar-refractivity contribution in [1.82, 2.24) is 0 Å². The Morgan fingerprint density at radius 3 is 2.00 bits per heavy atom. The van der Waals surface area contributed by atoms with Crippen LogP contribution >= 0.6 is 0 Å². The molecule has 3 fully saturated rings. The van der Waals surface area contributed by atoms with Gasteiger partial charge < -0.3 is 4.90 Å². The van der Waals surface area contributed by atoms with Gasteiger partial charge in [-0.05, 0) is 159 Å².